The summed E-state index contributed by atoms with van der Waals surface area (Å²) in [6, 6.07) is 11.1. The number of alkyl halides is 3. The first-order valence-corrected chi connectivity index (χ1v) is 9.34. The molecule has 0 fully saturated rings. The standard InChI is InChI=1S/C21H24F3N3O2/c1-2-3-11-25-19(28)17-9-7-15(8-10-17)13-26-20(29)27-14-16-5-4-6-18(12-16)21(22,23)24/h4-10,12H,2-3,11,13-14H2,1H3,(H,25,28)(H2,26,27,29). The van der Waals surface area contributed by atoms with Gasteiger partial charge in [-0.25, -0.2) is 4.79 Å². The summed E-state index contributed by atoms with van der Waals surface area (Å²) in [6.07, 6.45) is -2.50. The van der Waals surface area contributed by atoms with E-state index in [1.54, 1.807) is 24.3 Å². The lowest BCUT2D eigenvalue weighted by Crippen LogP contribution is -2.34. The summed E-state index contributed by atoms with van der Waals surface area (Å²) in [5, 5.41) is 7.98. The van der Waals surface area contributed by atoms with Crippen molar-refractivity contribution in [3.05, 3.63) is 70.8 Å². The zero-order valence-electron chi connectivity index (χ0n) is 16.1. The molecule has 3 N–H and O–H groups in total. The number of rotatable bonds is 8. The second kappa shape index (κ2) is 10.5. The Kier molecular flexibility index (Phi) is 8.06. The molecule has 0 aliphatic heterocycles. The van der Waals surface area contributed by atoms with E-state index in [0.717, 1.165) is 30.5 Å². The van der Waals surface area contributed by atoms with Crippen molar-refractivity contribution in [1.82, 2.24) is 16.0 Å². The maximum absolute atomic E-state index is 12.7. The van der Waals surface area contributed by atoms with Crippen molar-refractivity contribution < 1.29 is 22.8 Å². The Balaban J connectivity index is 1.78. The largest absolute Gasteiger partial charge is 0.416 e. The Morgan fingerprint density at radius 2 is 1.55 bits per heavy atom. The van der Waals surface area contributed by atoms with Crippen LogP contribution in [0.15, 0.2) is 48.5 Å². The van der Waals surface area contributed by atoms with Crippen LogP contribution in [-0.2, 0) is 19.3 Å². The fraction of sp³-hybridized carbons (Fsp3) is 0.333. The SMILES string of the molecule is CCCCNC(=O)c1ccc(CNC(=O)NCc2cccc(C(F)(F)F)c2)cc1. The molecule has 0 aliphatic carbocycles. The first-order chi connectivity index (χ1) is 13.8. The summed E-state index contributed by atoms with van der Waals surface area (Å²) in [4.78, 5) is 23.8. The van der Waals surface area contributed by atoms with Crippen LogP contribution in [0.3, 0.4) is 0 Å². The molecule has 3 amide bonds. The smallest absolute Gasteiger partial charge is 0.352 e. The monoisotopic (exact) mass is 407 g/mol. The van der Waals surface area contributed by atoms with Crippen LogP contribution in [0.2, 0.25) is 0 Å². The lowest BCUT2D eigenvalue weighted by Gasteiger charge is -2.11. The van der Waals surface area contributed by atoms with Gasteiger partial charge >= 0.3 is 12.2 Å². The fourth-order valence-corrected chi connectivity index (χ4v) is 2.54. The Labute approximate surface area is 167 Å². The maximum atomic E-state index is 12.7. The number of carbonyl (C=O) groups excluding carboxylic acids is 2. The molecule has 0 unspecified atom stereocenters. The van der Waals surface area contributed by atoms with Crippen LogP contribution in [0.1, 0.15) is 46.8 Å². The molecule has 8 heteroatoms. The van der Waals surface area contributed by atoms with Gasteiger partial charge in [-0.1, -0.05) is 37.6 Å². The quantitative estimate of drug-likeness (QED) is 0.573. The zero-order valence-corrected chi connectivity index (χ0v) is 16.1. The average molecular weight is 407 g/mol. The molecular formula is C21H24F3N3O2. The number of carbonyl (C=O) groups is 2. The molecule has 0 bridgehead atoms. The molecule has 0 heterocycles. The minimum absolute atomic E-state index is 0.0212. The number of benzene rings is 2. The summed E-state index contributed by atoms with van der Waals surface area (Å²) in [5.74, 6) is -0.142. The Morgan fingerprint density at radius 3 is 2.17 bits per heavy atom. The van der Waals surface area contributed by atoms with E-state index in [2.05, 4.69) is 16.0 Å². The molecular weight excluding hydrogens is 383 g/mol. The van der Waals surface area contributed by atoms with Gasteiger partial charge in [-0.3, -0.25) is 4.79 Å². The van der Waals surface area contributed by atoms with Crippen LogP contribution in [0.5, 0.6) is 0 Å². The molecule has 29 heavy (non-hydrogen) atoms. The van der Waals surface area contributed by atoms with Gasteiger partial charge in [-0.2, -0.15) is 13.2 Å². The van der Waals surface area contributed by atoms with Gasteiger partial charge in [0.05, 0.1) is 5.56 Å². The van der Waals surface area contributed by atoms with Gasteiger partial charge < -0.3 is 16.0 Å². The molecule has 0 spiro atoms. The predicted octanol–water partition coefficient (Wildman–Crippen LogP) is 4.23. The zero-order chi connectivity index (χ0) is 21.3. The summed E-state index contributed by atoms with van der Waals surface area (Å²) >= 11 is 0. The van der Waals surface area contributed by atoms with Gasteiger partial charge in [-0.05, 0) is 41.8 Å². The van der Waals surface area contributed by atoms with E-state index in [-0.39, 0.29) is 19.0 Å². The van der Waals surface area contributed by atoms with Crippen molar-refractivity contribution >= 4 is 11.9 Å². The summed E-state index contributed by atoms with van der Waals surface area (Å²) in [7, 11) is 0. The lowest BCUT2D eigenvalue weighted by atomic mass is 10.1. The van der Waals surface area contributed by atoms with E-state index in [1.807, 2.05) is 6.92 Å². The molecule has 2 rings (SSSR count). The number of amides is 3. The van der Waals surface area contributed by atoms with E-state index in [1.165, 1.54) is 12.1 Å². The van der Waals surface area contributed by atoms with Crippen molar-refractivity contribution in [2.45, 2.75) is 39.0 Å². The number of unbranched alkanes of at least 4 members (excludes halogenated alkanes) is 1. The number of nitrogens with one attached hydrogen (secondary N) is 3. The molecule has 2 aromatic rings. The summed E-state index contributed by atoms with van der Waals surface area (Å²) in [6.45, 7) is 2.88. The van der Waals surface area contributed by atoms with Gasteiger partial charge in [0, 0.05) is 25.2 Å². The Hall–Kier alpha value is -3.03. The van der Waals surface area contributed by atoms with Crippen LogP contribution >= 0.6 is 0 Å². The Bertz CT molecular complexity index is 821. The van der Waals surface area contributed by atoms with Gasteiger partial charge in [0.1, 0.15) is 0 Å². The molecule has 0 aliphatic rings. The Morgan fingerprint density at radius 1 is 0.897 bits per heavy atom. The summed E-state index contributed by atoms with van der Waals surface area (Å²) in [5.41, 5.74) is 0.938. The number of halogens is 3. The van der Waals surface area contributed by atoms with Crippen molar-refractivity contribution in [1.29, 1.82) is 0 Å². The molecule has 0 radical (unpaired) electrons. The highest BCUT2D eigenvalue weighted by molar-refractivity contribution is 5.94. The van der Waals surface area contributed by atoms with E-state index in [0.29, 0.717) is 17.7 Å². The third kappa shape index (κ3) is 7.48. The van der Waals surface area contributed by atoms with Crippen LogP contribution in [0.25, 0.3) is 0 Å². The molecule has 0 saturated carbocycles. The first kappa shape index (κ1) is 22.3. The van der Waals surface area contributed by atoms with Crippen molar-refractivity contribution in [2.24, 2.45) is 0 Å². The third-order valence-electron chi connectivity index (χ3n) is 4.19. The molecule has 5 nitrogen and oxygen atoms in total. The van der Waals surface area contributed by atoms with E-state index >= 15 is 0 Å². The molecule has 0 aromatic heterocycles. The number of urea groups is 1. The number of hydrogen-bond donors (Lipinski definition) is 3. The highest BCUT2D eigenvalue weighted by Gasteiger charge is 2.30. The van der Waals surface area contributed by atoms with Crippen molar-refractivity contribution in [2.75, 3.05) is 6.54 Å². The fourth-order valence-electron chi connectivity index (χ4n) is 2.54. The van der Waals surface area contributed by atoms with Crippen molar-refractivity contribution in [3.63, 3.8) is 0 Å². The van der Waals surface area contributed by atoms with Gasteiger partial charge in [0.25, 0.3) is 5.91 Å². The maximum Gasteiger partial charge on any atom is 0.416 e. The highest BCUT2D eigenvalue weighted by Crippen LogP contribution is 2.29. The predicted molar refractivity (Wildman–Crippen MR) is 104 cm³/mol. The topological polar surface area (TPSA) is 70.2 Å². The first-order valence-electron chi connectivity index (χ1n) is 9.34. The molecule has 156 valence electrons. The highest BCUT2D eigenvalue weighted by atomic mass is 19.4. The number of hydrogen-bond acceptors (Lipinski definition) is 2. The summed E-state index contributed by atoms with van der Waals surface area (Å²) < 4.78 is 38.1. The van der Waals surface area contributed by atoms with Crippen LogP contribution in [0, 0.1) is 0 Å². The minimum atomic E-state index is -4.42. The average Bonchev–Trinajstić information content (AvgIpc) is 2.71. The molecule has 0 atom stereocenters. The molecule has 2 aromatic carbocycles. The third-order valence-corrected chi connectivity index (χ3v) is 4.19. The normalized spacial score (nSPS) is 11.0. The van der Waals surface area contributed by atoms with Crippen molar-refractivity contribution in [3.8, 4) is 0 Å². The van der Waals surface area contributed by atoms with Gasteiger partial charge in [-0.15, -0.1) is 0 Å². The van der Waals surface area contributed by atoms with Gasteiger partial charge in [0.2, 0.25) is 0 Å². The van der Waals surface area contributed by atoms with Gasteiger partial charge in [0.15, 0.2) is 0 Å². The minimum Gasteiger partial charge on any atom is -0.352 e. The van der Waals surface area contributed by atoms with E-state index in [9.17, 15) is 22.8 Å². The van der Waals surface area contributed by atoms with E-state index < -0.39 is 17.8 Å². The van der Waals surface area contributed by atoms with Crippen LogP contribution in [0.4, 0.5) is 18.0 Å². The second-order valence-electron chi connectivity index (χ2n) is 6.54. The molecule has 0 saturated heterocycles. The van der Waals surface area contributed by atoms with Crippen LogP contribution < -0.4 is 16.0 Å². The van der Waals surface area contributed by atoms with E-state index in [4.69, 9.17) is 0 Å². The van der Waals surface area contributed by atoms with Crippen LogP contribution in [-0.4, -0.2) is 18.5 Å². The lowest BCUT2D eigenvalue weighted by molar-refractivity contribution is -0.137. The second-order valence-corrected chi connectivity index (χ2v) is 6.54.